The predicted octanol–water partition coefficient (Wildman–Crippen LogP) is 2.98. The Bertz CT molecular complexity index is 499. The van der Waals surface area contributed by atoms with E-state index in [4.69, 9.17) is 11.6 Å². The molecule has 4 nitrogen and oxygen atoms in total. The van der Waals surface area contributed by atoms with Crippen molar-refractivity contribution in [2.75, 3.05) is 6.61 Å². The van der Waals surface area contributed by atoms with E-state index >= 15 is 0 Å². The number of carbonyl (C=O) groups is 2. The van der Waals surface area contributed by atoms with Gasteiger partial charge < -0.3 is 9.47 Å². The highest BCUT2D eigenvalue weighted by atomic mass is 35.5. The molecular weight excluding hydrogens is 289 g/mol. The van der Waals surface area contributed by atoms with E-state index < -0.39 is 28.9 Å². The van der Waals surface area contributed by atoms with E-state index in [0.717, 1.165) is 18.2 Å². The lowest BCUT2D eigenvalue weighted by Gasteiger charge is -2.10. The van der Waals surface area contributed by atoms with Gasteiger partial charge in [-0.1, -0.05) is 11.6 Å². The van der Waals surface area contributed by atoms with Crippen LogP contribution in [0.5, 0.6) is 5.75 Å². The van der Waals surface area contributed by atoms with Gasteiger partial charge in [0.05, 0.1) is 11.6 Å². The lowest BCUT2D eigenvalue weighted by atomic mass is 10.1. The van der Waals surface area contributed by atoms with Crippen LogP contribution in [0, 0.1) is 0 Å². The second-order valence-corrected chi connectivity index (χ2v) is 3.65. The average molecular weight is 297 g/mol. The van der Waals surface area contributed by atoms with Crippen LogP contribution in [0.15, 0.2) is 18.2 Å². The molecular formula is C11H8ClF3O4. The largest absolute Gasteiger partial charge is 0.573 e. The van der Waals surface area contributed by atoms with Crippen LogP contribution in [0.1, 0.15) is 17.3 Å². The van der Waals surface area contributed by atoms with Gasteiger partial charge in [0.25, 0.3) is 5.78 Å². The van der Waals surface area contributed by atoms with Gasteiger partial charge in [-0.05, 0) is 25.1 Å². The van der Waals surface area contributed by atoms with Crippen LogP contribution in [0.3, 0.4) is 0 Å². The van der Waals surface area contributed by atoms with Gasteiger partial charge in [-0.15, -0.1) is 13.2 Å². The third-order valence-corrected chi connectivity index (χ3v) is 2.18. The van der Waals surface area contributed by atoms with E-state index in [0.29, 0.717) is 0 Å². The molecule has 0 saturated carbocycles. The smallest absolute Gasteiger partial charge is 0.460 e. The first kappa shape index (κ1) is 15.3. The molecule has 0 amide bonds. The van der Waals surface area contributed by atoms with E-state index in [2.05, 4.69) is 9.47 Å². The number of hydrogen-bond donors (Lipinski definition) is 0. The maximum atomic E-state index is 12.0. The lowest BCUT2D eigenvalue weighted by molar-refractivity contribution is -0.274. The molecule has 1 rings (SSSR count). The van der Waals surface area contributed by atoms with E-state index in [-0.39, 0.29) is 12.2 Å². The van der Waals surface area contributed by atoms with Gasteiger partial charge in [0.15, 0.2) is 0 Å². The number of rotatable bonds is 4. The highest BCUT2D eigenvalue weighted by molar-refractivity contribution is 6.41. The Morgan fingerprint density at radius 1 is 1.32 bits per heavy atom. The van der Waals surface area contributed by atoms with Crippen LogP contribution in [-0.4, -0.2) is 24.7 Å². The van der Waals surface area contributed by atoms with Crippen molar-refractivity contribution in [2.45, 2.75) is 13.3 Å². The summed E-state index contributed by atoms with van der Waals surface area (Å²) in [7, 11) is 0. The van der Waals surface area contributed by atoms with Crippen molar-refractivity contribution in [3.8, 4) is 5.75 Å². The van der Waals surface area contributed by atoms with Crippen LogP contribution < -0.4 is 4.74 Å². The van der Waals surface area contributed by atoms with Crippen LogP contribution in [0.2, 0.25) is 5.02 Å². The fourth-order valence-corrected chi connectivity index (χ4v) is 1.38. The molecule has 0 aromatic heterocycles. The van der Waals surface area contributed by atoms with Crippen molar-refractivity contribution in [3.05, 3.63) is 28.8 Å². The van der Waals surface area contributed by atoms with E-state index in [1.54, 1.807) is 0 Å². The molecule has 0 spiro atoms. The van der Waals surface area contributed by atoms with Crippen molar-refractivity contribution < 1.29 is 32.2 Å². The highest BCUT2D eigenvalue weighted by Crippen LogP contribution is 2.30. The van der Waals surface area contributed by atoms with Crippen LogP contribution in [-0.2, 0) is 9.53 Å². The Morgan fingerprint density at radius 2 is 1.95 bits per heavy atom. The normalized spacial score (nSPS) is 11.0. The molecule has 104 valence electrons. The summed E-state index contributed by atoms with van der Waals surface area (Å²) in [5.74, 6) is -2.76. The second-order valence-electron chi connectivity index (χ2n) is 3.24. The maximum absolute atomic E-state index is 12.0. The van der Waals surface area contributed by atoms with Crippen molar-refractivity contribution in [2.24, 2.45) is 0 Å². The van der Waals surface area contributed by atoms with Crippen LogP contribution >= 0.6 is 11.6 Å². The summed E-state index contributed by atoms with van der Waals surface area (Å²) in [5, 5.41) is -0.438. The van der Waals surface area contributed by atoms with Gasteiger partial charge in [0.2, 0.25) is 0 Å². The van der Waals surface area contributed by atoms with Gasteiger partial charge in [0.1, 0.15) is 5.75 Å². The number of ketones is 1. The highest BCUT2D eigenvalue weighted by Gasteiger charge is 2.32. The average Bonchev–Trinajstić information content (AvgIpc) is 2.29. The number of ether oxygens (including phenoxy) is 2. The standard InChI is InChI=1S/C11H8ClF3O4/c1-2-18-10(17)9(16)6-3-4-8(7(12)5-6)19-11(13,14)15/h3-5H,2H2,1H3. The number of esters is 1. The topological polar surface area (TPSA) is 52.6 Å². The first-order valence-electron chi connectivity index (χ1n) is 5.01. The number of hydrogen-bond acceptors (Lipinski definition) is 4. The minimum atomic E-state index is -4.89. The van der Waals surface area contributed by atoms with Gasteiger partial charge in [0, 0.05) is 5.56 Å². The van der Waals surface area contributed by atoms with Crippen LogP contribution in [0.4, 0.5) is 13.2 Å². The minimum absolute atomic E-state index is 0.00751. The number of alkyl halides is 3. The summed E-state index contributed by atoms with van der Waals surface area (Å²) in [6.45, 7) is 1.52. The monoisotopic (exact) mass is 296 g/mol. The SMILES string of the molecule is CCOC(=O)C(=O)c1ccc(OC(F)(F)F)c(Cl)c1. The number of halogens is 4. The third kappa shape index (κ3) is 4.44. The summed E-state index contributed by atoms with van der Waals surface area (Å²) in [4.78, 5) is 22.6. The van der Waals surface area contributed by atoms with E-state index in [1.807, 2.05) is 0 Å². The number of benzene rings is 1. The van der Waals surface area contributed by atoms with Crippen molar-refractivity contribution >= 4 is 23.4 Å². The summed E-state index contributed by atoms with van der Waals surface area (Å²) < 4.78 is 44.0. The molecule has 1 aromatic rings. The number of Topliss-reactive ketones (excluding diaryl/α,β-unsaturated/α-hetero) is 1. The first-order valence-corrected chi connectivity index (χ1v) is 5.39. The van der Waals surface area contributed by atoms with Gasteiger partial charge in [-0.25, -0.2) is 4.79 Å². The fraction of sp³-hybridized carbons (Fsp3) is 0.273. The molecule has 1 aromatic carbocycles. The van der Waals surface area contributed by atoms with Gasteiger partial charge in [-0.2, -0.15) is 0 Å². The zero-order valence-corrected chi connectivity index (χ0v) is 10.3. The van der Waals surface area contributed by atoms with Crippen LogP contribution in [0.25, 0.3) is 0 Å². The maximum Gasteiger partial charge on any atom is 0.573 e. The molecule has 0 radical (unpaired) electrons. The molecule has 0 atom stereocenters. The lowest BCUT2D eigenvalue weighted by Crippen LogP contribution is -2.19. The van der Waals surface area contributed by atoms with Crippen molar-refractivity contribution in [1.82, 2.24) is 0 Å². The Morgan fingerprint density at radius 3 is 2.42 bits per heavy atom. The quantitative estimate of drug-likeness (QED) is 0.487. The Hall–Kier alpha value is -1.76. The van der Waals surface area contributed by atoms with E-state index in [9.17, 15) is 22.8 Å². The third-order valence-electron chi connectivity index (χ3n) is 1.88. The first-order chi connectivity index (χ1) is 8.74. The Balaban J connectivity index is 2.94. The van der Waals surface area contributed by atoms with Gasteiger partial charge in [-0.3, -0.25) is 4.79 Å². The molecule has 0 fully saturated rings. The van der Waals surface area contributed by atoms with Crippen molar-refractivity contribution in [1.29, 1.82) is 0 Å². The second kappa shape index (κ2) is 5.92. The van der Waals surface area contributed by atoms with Crippen molar-refractivity contribution in [3.63, 3.8) is 0 Å². The Kier molecular flexibility index (Phi) is 4.77. The summed E-state index contributed by atoms with van der Waals surface area (Å²) in [6, 6.07) is 2.75. The molecule has 0 unspecified atom stereocenters. The zero-order chi connectivity index (χ0) is 14.6. The van der Waals surface area contributed by atoms with E-state index in [1.165, 1.54) is 6.92 Å². The molecule has 8 heteroatoms. The summed E-state index contributed by atoms with van der Waals surface area (Å²) in [6.07, 6.45) is -4.89. The minimum Gasteiger partial charge on any atom is -0.460 e. The molecule has 0 N–H and O–H groups in total. The fourth-order valence-electron chi connectivity index (χ4n) is 1.16. The molecule has 0 saturated heterocycles. The molecule has 0 aliphatic heterocycles. The summed E-state index contributed by atoms with van der Waals surface area (Å²) >= 11 is 5.53. The summed E-state index contributed by atoms with van der Waals surface area (Å²) in [5.41, 5.74) is -0.182. The molecule has 0 aliphatic rings. The predicted molar refractivity (Wildman–Crippen MR) is 59.1 cm³/mol. The molecule has 19 heavy (non-hydrogen) atoms. The molecule has 0 heterocycles. The zero-order valence-electron chi connectivity index (χ0n) is 9.58. The van der Waals surface area contributed by atoms with Gasteiger partial charge >= 0.3 is 12.3 Å². The number of carbonyl (C=O) groups excluding carboxylic acids is 2. The molecule has 0 aliphatic carbocycles. The molecule has 0 bridgehead atoms. The Labute approximate surface area is 111 Å².